The van der Waals surface area contributed by atoms with Crippen molar-refractivity contribution >= 4 is 97.6 Å². The van der Waals surface area contributed by atoms with Gasteiger partial charge in [-0.15, -0.1) is 11.3 Å². The van der Waals surface area contributed by atoms with E-state index >= 15 is 0 Å². The quantitative estimate of drug-likeness (QED) is 0.0215. The number of fused-ring (bicyclic) bond motifs is 3. The van der Waals surface area contributed by atoms with E-state index < -0.39 is 33.4 Å². The normalized spacial score (nSPS) is 16.3. The number of amides is 7. The lowest BCUT2D eigenvalue weighted by molar-refractivity contribution is 0.00578. The smallest absolute Gasteiger partial charge is 0.490 e. The van der Waals surface area contributed by atoms with Crippen LogP contribution in [0.5, 0.6) is 34.5 Å². The monoisotopic (exact) mass is 2130 g/mol. The number of rotatable bonds is 34. The molecule has 0 saturated carbocycles. The van der Waals surface area contributed by atoms with Crippen LogP contribution in [0, 0.1) is 0 Å². The van der Waals surface area contributed by atoms with E-state index in [1.165, 1.54) is 21.2 Å². The Labute approximate surface area is 883 Å². The lowest BCUT2D eigenvalue weighted by Gasteiger charge is -2.32. The van der Waals surface area contributed by atoms with Crippen LogP contribution in [0.15, 0.2) is 220 Å². The first-order chi connectivity index (χ1) is 70.8. The Hall–Kier alpha value is -12.7. The van der Waals surface area contributed by atoms with Gasteiger partial charge in [0.05, 0.1) is 72.0 Å². The summed E-state index contributed by atoms with van der Waals surface area (Å²) >= 11 is 4.80. The van der Waals surface area contributed by atoms with Crippen LogP contribution in [-0.2, 0) is 71.1 Å². The van der Waals surface area contributed by atoms with Gasteiger partial charge in [0.15, 0.2) is 34.5 Å². The SMILES string of the molecule is CC(C)(C)OC(=O)N1CC=C(B2OC(C)(C)C(C)(C)O2)CC1.CCN1CC=C(c2cccc3c2CN([C@H](CCCN(C)S(=O)(=O)c2cccs2)c2ccc(OC)c(OC)c2)C3=O)CC1.COc1ccc([C@@H](CCCNC(=O)OCc2ccccc2)N2Cc3c(Br)cccc3C2=O)cc1OC.COc1ccc([C@@H](CCCNC(=O)OCc2ccccc2)N2Cc3c(cccc3C3=CCN(C(=O)OC(C)(C)C)CC3)C2=O)cc1OC. The van der Waals surface area contributed by atoms with Crippen molar-refractivity contribution < 1.29 is 98.7 Å². The fraction of sp³-hybridized carbons (Fsp3) is 0.430. The third kappa shape index (κ3) is 28.5. The number of alkyl carbamates (subject to hydrolysis) is 2. The molecule has 8 heterocycles. The van der Waals surface area contributed by atoms with E-state index in [9.17, 15) is 42.0 Å². The van der Waals surface area contributed by atoms with Crippen LogP contribution in [-0.4, -0.2) is 229 Å². The molecule has 1 fully saturated rings. The first-order valence-corrected chi connectivity index (χ1v) is 53.5. The Kier molecular flexibility index (Phi) is 38.8. The van der Waals surface area contributed by atoms with Gasteiger partial charge >= 0.3 is 31.5 Å². The van der Waals surface area contributed by atoms with Crippen molar-refractivity contribution in [1.82, 2.24) is 44.3 Å². The third-order valence-electron chi connectivity index (χ3n) is 27.6. The molecule has 8 aromatic carbocycles. The second-order valence-corrected chi connectivity index (χ2v) is 44.2. The average molecular weight is 2130 g/mol. The molecule has 0 radical (unpaired) electrons. The van der Waals surface area contributed by atoms with Crippen molar-refractivity contribution in [3.63, 3.8) is 0 Å². The second kappa shape index (κ2) is 51.0. The summed E-state index contributed by atoms with van der Waals surface area (Å²) in [6.07, 6.45) is 10.9. The summed E-state index contributed by atoms with van der Waals surface area (Å²) in [6.45, 7) is 29.7. The number of benzene rings is 8. The molecule has 34 heteroatoms. The van der Waals surface area contributed by atoms with E-state index in [0.29, 0.717) is 160 Å². The van der Waals surface area contributed by atoms with E-state index in [1.54, 1.807) is 77.0 Å². The van der Waals surface area contributed by atoms with Gasteiger partial charge in [0.2, 0.25) is 0 Å². The third-order valence-corrected chi connectivity index (χ3v) is 31.5. The number of nitrogens with one attached hydrogen (secondary N) is 2. The standard InChI is InChI=1S/C38H45N3O7.C32H39N3O5S2.C28H29BrN2O5.C16H28BNO4/c1-38(2,3)48-37(44)40-21-18-27(19-22-40)29-13-9-14-30-31(29)24-41(35(30)42)32(28-16-17-33(45-4)34(23-28)46-5)15-10-20-39-36(43)47-25-26-11-7-6-8-12-26;1-5-34-18-15-23(16-19-34)25-9-6-10-26-27(25)22-35(32(26)36)28(24-13-14-29(39-3)30(21-24)40-4)11-7-17-33(2)42(37,38)31-12-8-20-41-31;1-34-25-14-13-20(16-26(25)35-2)24(31-17-22-21(27(31)32)10-6-11-23(22)29)12-7-15-30-28(33)36-18-19-8-4-3-5-9-19;1-14(2,3)20-13(19)18-10-8-12(9-11-18)17-21-15(4,5)16(6,7)22-17/h6-9,11-14,16-18,23,32H,10,15,19-22,24-25H2,1-5H3,(H,39,43);6,8-10,12-15,20-21,28H,5,7,11,16-19,22H2,1-4H3;3-6,8-11,13-14,16,24H,7,12,15,17-18H2,1-2H3,(H,30,33);8H,9-11H2,1-7H3/t32-;28-;24-;/m111./s1. The molecule has 1 saturated heterocycles. The van der Waals surface area contributed by atoms with E-state index in [2.05, 4.69) is 62.7 Å². The van der Waals surface area contributed by atoms with Crippen molar-refractivity contribution in [2.75, 3.05) is 115 Å². The lowest BCUT2D eigenvalue weighted by atomic mass is 9.75. The molecule has 30 nitrogen and oxygen atoms in total. The van der Waals surface area contributed by atoms with Gasteiger partial charge in [0, 0.05) is 107 Å². The van der Waals surface area contributed by atoms with Crippen LogP contribution < -0.4 is 39.1 Å². The zero-order chi connectivity index (χ0) is 106. The number of thiophene rings is 1. The lowest BCUT2D eigenvalue weighted by Crippen LogP contribution is -2.41. The Bertz CT molecular complexity index is 6340. The molecule has 3 atom stereocenters. The van der Waals surface area contributed by atoms with E-state index in [0.717, 1.165) is 109 Å². The molecule has 7 aliphatic rings. The van der Waals surface area contributed by atoms with Crippen LogP contribution in [0.4, 0.5) is 19.2 Å². The molecule has 148 heavy (non-hydrogen) atoms. The van der Waals surface area contributed by atoms with Crippen LogP contribution in [0.25, 0.3) is 11.1 Å². The molecular formula is C114H141BBrN9O21S2. The Morgan fingerprint density at radius 2 is 0.865 bits per heavy atom. The summed E-state index contributed by atoms with van der Waals surface area (Å²) in [4.78, 5) is 102. The van der Waals surface area contributed by atoms with Gasteiger partial charge in [-0.25, -0.2) is 31.9 Å². The highest BCUT2D eigenvalue weighted by Gasteiger charge is 2.53. The Morgan fingerprint density at radius 1 is 0.473 bits per heavy atom. The number of carbonyl (C=O) groups excluding carboxylic acids is 7. The second-order valence-electron chi connectivity index (χ2n) is 40.1. The van der Waals surface area contributed by atoms with Gasteiger partial charge in [0.25, 0.3) is 27.7 Å². The summed E-state index contributed by atoms with van der Waals surface area (Å²) in [5.41, 5.74) is 13.8. The number of nitrogens with zero attached hydrogens (tertiary/aromatic N) is 7. The molecule has 790 valence electrons. The van der Waals surface area contributed by atoms with Crippen molar-refractivity contribution in [2.24, 2.45) is 0 Å². The van der Waals surface area contributed by atoms with Crippen LogP contribution in [0.1, 0.15) is 239 Å². The fourth-order valence-electron chi connectivity index (χ4n) is 18.8. The van der Waals surface area contributed by atoms with E-state index in [-0.39, 0.29) is 79.6 Å². The maximum Gasteiger partial charge on any atom is 0.490 e. The summed E-state index contributed by atoms with van der Waals surface area (Å²) in [5, 5.41) is 7.42. The molecular weight excluding hydrogens is 1990 g/mol. The number of methoxy groups -OCH3 is 6. The van der Waals surface area contributed by atoms with Gasteiger partial charge in [-0.2, -0.15) is 0 Å². The summed E-state index contributed by atoms with van der Waals surface area (Å²) in [5.74, 6) is 3.56. The first kappa shape index (κ1) is 112. The number of ether oxygens (including phenoxy) is 10. The maximum absolute atomic E-state index is 14.1. The van der Waals surface area contributed by atoms with Crippen molar-refractivity contribution in [2.45, 2.75) is 212 Å². The molecule has 0 bridgehead atoms. The maximum atomic E-state index is 14.1. The van der Waals surface area contributed by atoms with Gasteiger partial charge < -0.3 is 91.8 Å². The van der Waals surface area contributed by atoms with Gasteiger partial charge in [-0.3, -0.25) is 19.3 Å². The largest absolute Gasteiger partial charge is 0.493 e. The number of halogens is 1. The minimum atomic E-state index is -3.55. The van der Waals surface area contributed by atoms with Crippen LogP contribution in [0.3, 0.4) is 0 Å². The molecule has 1 aromatic heterocycles. The average Bonchev–Trinajstić information content (AvgIpc) is 1.63. The zero-order valence-electron chi connectivity index (χ0n) is 88.3. The minimum absolute atomic E-state index is 0.00205. The summed E-state index contributed by atoms with van der Waals surface area (Å²) in [7, 11) is 7.31. The highest BCUT2D eigenvalue weighted by molar-refractivity contribution is 9.10. The number of hydrogen-bond donors (Lipinski definition) is 2. The van der Waals surface area contributed by atoms with Gasteiger partial charge in [-0.1, -0.05) is 156 Å². The number of hydrogen-bond acceptors (Lipinski definition) is 23. The molecule has 0 aliphatic carbocycles. The topological polar surface area (TPSA) is 311 Å². The highest BCUT2D eigenvalue weighted by atomic mass is 79.9. The highest BCUT2D eigenvalue weighted by Crippen LogP contribution is 2.47. The molecule has 2 N–H and O–H groups in total. The van der Waals surface area contributed by atoms with Gasteiger partial charge in [0.1, 0.15) is 28.6 Å². The van der Waals surface area contributed by atoms with E-state index in [1.807, 2.05) is 248 Å². The van der Waals surface area contributed by atoms with E-state index in [4.69, 9.17) is 56.7 Å². The molecule has 7 amide bonds. The van der Waals surface area contributed by atoms with Crippen molar-refractivity contribution in [3.8, 4) is 34.5 Å². The zero-order valence-corrected chi connectivity index (χ0v) is 91.5. The number of carbonyl (C=O) groups is 7. The van der Waals surface area contributed by atoms with Crippen molar-refractivity contribution in [3.05, 3.63) is 288 Å². The molecule has 0 spiro atoms. The minimum Gasteiger partial charge on any atom is -0.493 e. The van der Waals surface area contributed by atoms with Crippen LogP contribution >= 0.6 is 27.3 Å². The fourth-order valence-corrected chi connectivity index (χ4v) is 21.7. The summed E-state index contributed by atoms with van der Waals surface area (Å²) in [6, 6.07) is 56.5. The number of sulfonamides is 1. The van der Waals surface area contributed by atoms with Crippen LogP contribution in [0.2, 0.25) is 0 Å². The van der Waals surface area contributed by atoms with Crippen molar-refractivity contribution in [1.29, 1.82) is 0 Å². The molecule has 0 unspecified atom stereocenters. The Balaban J connectivity index is 0.000000170. The molecule has 9 aromatic rings. The Morgan fingerprint density at radius 3 is 1.24 bits per heavy atom. The first-order valence-electron chi connectivity index (χ1n) is 50.4. The molecule has 16 rings (SSSR count). The van der Waals surface area contributed by atoms with Gasteiger partial charge in [-0.05, 0) is 278 Å². The predicted molar refractivity (Wildman–Crippen MR) is 576 cm³/mol. The number of likely N-dealkylation sites (N-methyl/N-ethyl adjacent to an activating group) is 1. The summed E-state index contributed by atoms with van der Waals surface area (Å²) < 4.78 is 95.4. The molecule has 7 aliphatic heterocycles. The predicted octanol–water partition coefficient (Wildman–Crippen LogP) is 21.9.